The van der Waals surface area contributed by atoms with Gasteiger partial charge >= 0.3 is 6.18 Å². The maximum absolute atomic E-state index is 14.4. The van der Waals surface area contributed by atoms with E-state index >= 15 is 0 Å². The van der Waals surface area contributed by atoms with Gasteiger partial charge in [0, 0.05) is 29.1 Å². The molecule has 0 fully saturated rings. The minimum atomic E-state index is -4.33. The summed E-state index contributed by atoms with van der Waals surface area (Å²) in [5.74, 6) is -0.481. The van der Waals surface area contributed by atoms with E-state index in [0.717, 1.165) is 0 Å². The van der Waals surface area contributed by atoms with E-state index in [1.165, 1.54) is 24.4 Å². The number of anilines is 1. The first kappa shape index (κ1) is 16.2. The number of nitrogen functional groups attached to an aromatic ring is 1. The minimum Gasteiger partial charge on any atom is -0.384 e. The molecule has 7 heteroatoms. The van der Waals surface area contributed by atoms with Gasteiger partial charge in [-0.1, -0.05) is 6.07 Å². The molecular formula is C17H13F4N3. The third-order valence-electron chi connectivity index (χ3n) is 3.63. The van der Waals surface area contributed by atoms with Crippen LogP contribution in [-0.2, 0) is 6.42 Å². The van der Waals surface area contributed by atoms with Crippen molar-refractivity contribution in [1.29, 1.82) is 0 Å². The van der Waals surface area contributed by atoms with Crippen molar-refractivity contribution >= 4 is 16.7 Å². The summed E-state index contributed by atoms with van der Waals surface area (Å²) in [7, 11) is 0. The predicted molar refractivity (Wildman–Crippen MR) is 83.7 cm³/mol. The molecule has 1 aromatic carbocycles. The van der Waals surface area contributed by atoms with Gasteiger partial charge in [0.05, 0.1) is 11.2 Å². The fourth-order valence-corrected chi connectivity index (χ4v) is 2.57. The topological polar surface area (TPSA) is 51.8 Å². The predicted octanol–water partition coefficient (Wildman–Crippen LogP) is 4.51. The molecule has 0 unspecified atom stereocenters. The standard InChI is InChI=1S/C17H13F4N3/c18-12-5-3-10-2-1-9-23-16(10)15(12)11-4-6-14(22)24-13(11)7-8-17(19,20)21/h1-6,9H,7-8H2,(H2,22,24). The largest absolute Gasteiger partial charge is 0.389 e. The normalized spacial score (nSPS) is 11.8. The van der Waals surface area contributed by atoms with Crippen LogP contribution in [0.4, 0.5) is 23.4 Å². The minimum absolute atomic E-state index is 0.0875. The number of benzene rings is 1. The van der Waals surface area contributed by atoms with Gasteiger partial charge in [0.1, 0.15) is 11.6 Å². The molecule has 0 aliphatic heterocycles. The number of nitrogens with two attached hydrogens (primary N) is 1. The van der Waals surface area contributed by atoms with E-state index in [-0.39, 0.29) is 29.1 Å². The molecule has 0 saturated carbocycles. The van der Waals surface area contributed by atoms with Gasteiger partial charge < -0.3 is 5.73 Å². The lowest BCUT2D eigenvalue weighted by Gasteiger charge is -2.13. The molecule has 0 radical (unpaired) electrons. The maximum Gasteiger partial charge on any atom is 0.389 e. The monoisotopic (exact) mass is 335 g/mol. The summed E-state index contributed by atoms with van der Waals surface area (Å²) < 4.78 is 52.1. The van der Waals surface area contributed by atoms with Crippen molar-refractivity contribution in [3.63, 3.8) is 0 Å². The second kappa shape index (κ2) is 6.07. The Labute approximate surface area is 135 Å². The molecule has 2 heterocycles. The zero-order valence-corrected chi connectivity index (χ0v) is 12.4. The van der Waals surface area contributed by atoms with E-state index in [0.29, 0.717) is 10.9 Å². The number of hydrogen-bond acceptors (Lipinski definition) is 3. The van der Waals surface area contributed by atoms with Crippen LogP contribution in [0.15, 0.2) is 42.6 Å². The summed E-state index contributed by atoms with van der Waals surface area (Å²) in [6.07, 6.45) is -4.27. The molecular weight excluding hydrogens is 322 g/mol. The highest BCUT2D eigenvalue weighted by Gasteiger charge is 2.28. The van der Waals surface area contributed by atoms with Crippen LogP contribution in [0, 0.1) is 5.82 Å². The Morgan fingerprint density at radius 2 is 1.83 bits per heavy atom. The Bertz CT molecular complexity index is 891. The number of aromatic nitrogens is 2. The molecule has 0 spiro atoms. The zero-order valence-electron chi connectivity index (χ0n) is 12.4. The van der Waals surface area contributed by atoms with Gasteiger partial charge in [0.2, 0.25) is 0 Å². The molecule has 3 nitrogen and oxygen atoms in total. The zero-order chi connectivity index (χ0) is 17.3. The van der Waals surface area contributed by atoms with Crippen LogP contribution >= 0.6 is 0 Å². The summed E-state index contributed by atoms with van der Waals surface area (Å²) in [6.45, 7) is 0. The molecule has 3 rings (SSSR count). The molecule has 0 atom stereocenters. The molecule has 2 N–H and O–H groups in total. The second-order valence-corrected chi connectivity index (χ2v) is 5.34. The second-order valence-electron chi connectivity index (χ2n) is 5.34. The lowest BCUT2D eigenvalue weighted by atomic mass is 9.98. The number of alkyl halides is 3. The van der Waals surface area contributed by atoms with E-state index in [1.54, 1.807) is 18.2 Å². The molecule has 0 aliphatic carbocycles. The molecule has 0 amide bonds. The third kappa shape index (κ3) is 3.29. The van der Waals surface area contributed by atoms with E-state index in [4.69, 9.17) is 5.73 Å². The Morgan fingerprint density at radius 3 is 2.58 bits per heavy atom. The number of hydrogen-bond donors (Lipinski definition) is 1. The van der Waals surface area contributed by atoms with Crippen LogP contribution in [0.3, 0.4) is 0 Å². The van der Waals surface area contributed by atoms with Crippen molar-refractivity contribution in [2.75, 3.05) is 5.73 Å². The average Bonchev–Trinajstić information content (AvgIpc) is 2.53. The van der Waals surface area contributed by atoms with Gasteiger partial charge in [-0.3, -0.25) is 4.98 Å². The van der Waals surface area contributed by atoms with Crippen molar-refractivity contribution in [3.8, 4) is 11.1 Å². The Kier molecular flexibility index (Phi) is 4.09. The first-order chi connectivity index (χ1) is 11.3. The molecule has 24 heavy (non-hydrogen) atoms. The van der Waals surface area contributed by atoms with Gasteiger partial charge in [-0.05, 0) is 36.8 Å². The number of nitrogens with zero attached hydrogens (tertiary/aromatic N) is 2. The van der Waals surface area contributed by atoms with Gasteiger partial charge in [-0.25, -0.2) is 9.37 Å². The highest BCUT2D eigenvalue weighted by atomic mass is 19.4. The van der Waals surface area contributed by atoms with E-state index in [9.17, 15) is 17.6 Å². The Balaban J connectivity index is 2.18. The average molecular weight is 335 g/mol. The molecule has 3 aromatic rings. The quantitative estimate of drug-likeness (QED) is 0.716. The molecule has 124 valence electrons. The first-order valence-corrected chi connectivity index (χ1v) is 7.21. The van der Waals surface area contributed by atoms with Crippen LogP contribution in [0.5, 0.6) is 0 Å². The molecule has 0 bridgehead atoms. The van der Waals surface area contributed by atoms with E-state index < -0.39 is 18.4 Å². The van der Waals surface area contributed by atoms with E-state index in [1.807, 2.05) is 0 Å². The van der Waals surface area contributed by atoms with Crippen LogP contribution in [0.1, 0.15) is 12.1 Å². The number of aryl methyl sites for hydroxylation is 1. The fourth-order valence-electron chi connectivity index (χ4n) is 2.57. The van der Waals surface area contributed by atoms with Crippen LogP contribution in [0.2, 0.25) is 0 Å². The Hall–Kier alpha value is -2.70. The summed E-state index contributed by atoms with van der Waals surface area (Å²) in [5.41, 5.74) is 6.48. The number of pyridine rings is 2. The lowest BCUT2D eigenvalue weighted by molar-refractivity contribution is -0.134. The summed E-state index contributed by atoms with van der Waals surface area (Å²) in [5, 5.41) is 0.687. The number of rotatable bonds is 3. The van der Waals surface area contributed by atoms with Crippen molar-refractivity contribution in [2.45, 2.75) is 19.0 Å². The highest BCUT2D eigenvalue weighted by molar-refractivity contribution is 5.94. The smallest absolute Gasteiger partial charge is 0.384 e. The van der Waals surface area contributed by atoms with Crippen LogP contribution < -0.4 is 5.73 Å². The van der Waals surface area contributed by atoms with Gasteiger partial charge in [-0.15, -0.1) is 0 Å². The SMILES string of the molecule is Nc1ccc(-c2c(F)ccc3cccnc23)c(CCC(F)(F)F)n1. The fraction of sp³-hybridized carbons (Fsp3) is 0.176. The van der Waals surface area contributed by atoms with Gasteiger partial charge in [0.25, 0.3) is 0 Å². The van der Waals surface area contributed by atoms with E-state index in [2.05, 4.69) is 9.97 Å². The maximum atomic E-state index is 14.4. The summed E-state index contributed by atoms with van der Waals surface area (Å²) >= 11 is 0. The van der Waals surface area contributed by atoms with Crippen LogP contribution in [0.25, 0.3) is 22.0 Å². The van der Waals surface area contributed by atoms with Crippen molar-refractivity contribution in [1.82, 2.24) is 9.97 Å². The third-order valence-corrected chi connectivity index (χ3v) is 3.63. The van der Waals surface area contributed by atoms with Gasteiger partial charge in [-0.2, -0.15) is 13.2 Å². The highest BCUT2D eigenvalue weighted by Crippen LogP contribution is 2.34. The van der Waals surface area contributed by atoms with Gasteiger partial charge in [0.15, 0.2) is 0 Å². The number of halogens is 4. The van der Waals surface area contributed by atoms with Crippen molar-refractivity contribution < 1.29 is 17.6 Å². The van der Waals surface area contributed by atoms with Crippen molar-refractivity contribution in [2.24, 2.45) is 0 Å². The Morgan fingerprint density at radius 1 is 1.04 bits per heavy atom. The molecule has 0 aliphatic rings. The lowest BCUT2D eigenvalue weighted by Crippen LogP contribution is -2.10. The first-order valence-electron chi connectivity index (χ1n) is 7.21. The summed E-state index contributed by atoms with van der Waals surface area (Å²) in [4.78, 5) is 8.15. The van der Waals surface area contributed by atoms with Crippen molar-refractivity contribution in [3.05, 3.63) is 54.1 Å². The molecule has 2 aromatic heterocycles. The van der Waals surface area contributed by atoms with Crippen LogP contribution in [-0.4, -0.2) is 16.1 Å². The number of fused-ring (bicyclic) bond motifs is 1. The summed E-state index contributed by atoms with van der Waals surface area (Å²) in [6, 6.07) is 9.22. The molecule has 0 saturated heterocycles.